The van der Waals surface area contributed by atoms with Crippen LogP contribution in [0.4, 0.5) is 5.69 Å². The van der Waals surface area contributed by atoms with Crippen molar-refractivity contribution in [2.45, 2.75) is 37.6 Å². The number of nitrogens with one attached hydrogen (secondary N) is 1. The molecule has 2 aliphatic rings. The monoisotopic (exact) mass is 324 g/mol. The van der Waals surface area contributed by atoms with Gasteiger partial charge in [0, 0.05) is 30.5 Å². The van der Waals surface area contributed by atoms with Crippen LogP contribution in [0.25, 0.3) is 0 Å². The Morgan fingerprint density at radius 3 is 2.67 bits per heavy atom. The fourth-order valence-electron chi connectivity index (χ4n) is 4.14. The number of nitrogens with zero attached hydrogens (tertiary/aromatic N) is 3. The van der Waals surface area contributed by atoms with Crippen LogP contribution in [-0.2, 0) is 18.3 Å². The van der Waals surface area contributed by atoms with E-state index in [9.17, 15) is 4.79 Å². The summed E-state index contributed by atoms with van der Waals surface area (Å²) in [6.07, 6.45) is 5.92. The molecule has 126 valence electrons. The number of aryl methyl sites for hydroxylation is 2. The van der Waals surface area contributed by atoms with Crippen molar-refractivity contribution in [3.8, 4) is 0 Å². The Kier molecular flexibility index (Phi) is 4.10. The summed E-state index contributed by atoms with van der Waals surface area (Å²) in [5.74, 6) is 0.707. The molecule has 5 heteroatoms. The summed E-state index contributed by atoms with van der Waals surface area (Å²) in [6.45, 7) is 1.95. The molecular weight excluding hydrogens is 300 g/mol. The highest BCUT2D eigenvalue weighted by atomic mass is 16.2. The summed E-state index contributed by atoms with van der Waals surface area (Å²) in [7, 11) is 2.01. The summed E-state index contributed by atoms with van der Waals surface area (Å²) < 4.78 is 1.98. The zero-order valence-electron chi connectivity index (χ0n) is 14.1. The van der Waals surface area contributed by atoms with Gasteiger partial charge in [-0.2, -0.15) is 5.10 Å². The lowest BCUT2D eigenvalue weighted by Crippen LogP contribution is -2.47. The van der Waals surface area contributed by atoms with E-state index in [0.29, 0.717) is 5.92 Å². The summed E-state index contributed by atoms with van der Waals surface area (Å²) in [4.78, 5) is 15.0. The van der Waals surface area contributed by atoms with Gasteiger partial charge in [-0.15, -0.1) is 0 Å². The van der Waals surface area contributed by atoms with Crippen molar-refractivity contribution in [2.75, 3.05) is 18.4 Å². The van der Waals surface area contributed by atoms with Crippen LogP contribution in [-0.4, -0.2) is 39.7 Å². The lowest BCUT2D eigenvalue weighted by Gasteiger charge is -2.36. The van der Waals surface area contributed by atoms with Crippen LogP contribution >= 0.6 is 0 Å². The Labute approximate surface area is 142 Å². The highest BCUT2D eigenvalue weighted by Crippen LogP contribution is 2.30. The molecule has 2 aliphatic heterocycles. The summed E-state index contributed by atoms with van der Waals surface area (Å²) in [5, 5.41) is 7.41. The number of rotatable bonds is 2. The van der Waals surface area contributed by atoms with Crippen molar-refractivity contribution >= 4 is 11.6 Å². The van der Waals surface area contributed by atoms with Gasteiger partial charge >= 0.3 is 0 Å². The highest BCUT2D eigenvalue weighted by Gasteiger charge is 2.32. The molecule has 1 aromatic heterocycles. The zero-order chi connectivity index (χ0) is 16.5. The quantitative estimate of drug-likeness (QED) is 0.923. The largest absolute Gasteiger partial charge is 0.324 e. The smallest absolute Gasteiger partial charge is 0.241 e. The Morgan fingerprint density at radius 1 is 1.12 bits per heavy atom. The number of benzene rings is 1. The third-order valence-electron chi connectivity index (χ3n) is 5.51. The molecule has 1 atom stereocenters. The molecule has 24 heavy (non-hydrogen) atoms. The molecule has 0 bridgehead atoms. The molecule has 1 aromatic carbocycles. The zero-order valence-corrected chi connectivity index (χ0v) is 14.1. The van der Waals surface area contributed by atoms with E-state index in [1.54, 1.807) is 0 Å². The molecule has 1 amide bonds. The predicted octanol–water partition coefficient (Wildman–Crippen LogP) is 2.55. The Balaban J connectivity index is 1.43. The Morgan fingerprint density at radius 2 is 1.92 bits per heavy atom. The summed E-state index contributed by atoms with van der Waals surface area (Å²) in [5.41, 5.74) is 3.54. The number of amides is 1. The first-order valence-electron chi connectivity index (χ1n) is 8.83. The van der Waals surface area contributed by atoms with Gasteiger partial charge in [-0.05, 0) is 56.5 Å². The minimum absolute atomic E-state index is 0.00936. The molecule has 1 fully saturated rings. The fraction of sp³-hybridized carbons (Fsp3) is 0.474. The number of carbonyl (C=O) groups excluding carboxylic acids is 1. The fourth-order valence-corrected chi connectivity index (χ4v) is 4.14. The topological polar surface area (TPSA) is 50.2 Å². The molecule has 0 spiro atoms. The molecule has 0 radical (unpaired) electrons. The maximum Gasteiger partial charge on any atom is 0.241 e. The molecule has 1 saturated heterocycles. The lowest BCUT2D eigenvalue weighted by molar-refractivity contribution is -0.121. The average Bonchev–Trinajstić information content (AvgIpc) is 2.95. The molecule has 0 saturated carbocycles. The number of hydrogen-bond acceptors (Lipinski definition) is 3. The standard InChI is InChI=1S/C19H24N4O/c1-22-17(8-11-20-22)15-9-12-23(13-10-15)18-7-6-14-4-2-3-5-16(14)21-19(18)24/h2-5,8,11,15,18H,6-7,9-10,12-13H2,1H3,(H,21,24)/t18-/m0/s1. The molecule has 4 rings (SSSR count). The van der Waals surface area contributed by atoms with E-state index < -0.39 is 0 Å². The normalized spacial score (nSPS) is 22.7. The molecule has 0 aliphatic carbocycles. The van der Waals surface area contributed by atoms with Gasteiger partial charge in [0.1, 0.15) is 0 Å². The van der Waals surface area contributed by atoms with Gasteiger partial charge in [-0.1, -0.05) is 18.2 Å². The molecule has 0 unspecified atom stereocenters. The second-order valence-corrected chi connectivity index (χ2v) is 6.89. The van der Waals surface area contributed by atoms with Gasteiger partial charge in [-0.25, -0.2) is 0 Å². The summed E-state index contributed by atoms with van der Waals surface area (Å²) in [6, 6.07) is 10.3. The van der Waals surface area contributed by atoms with Crippen LogP contribution in [0.1, 0.15) is 36.4 Å². The molecule has 1 N–H and O–H groups in total. The van der Waals surface area contributed by atoms with Crippen molar-refractivity contribution in [3.05, 3.63) is 47.8 Å². The Hall–Kier alpha value is -2.14. The average molecular weight is 324 g/mol. The number of likely N-dealkylation sites (tertiary alicyclic amines) is 1. The van der Waals surface area contributed by atoms with Crippen LogP contribution in [0.3, 0.4) is 0 Å². The number of hydrogen-bond donors (Lipinski definition) is 1. The maximum absolute atomic E-state index is 12.7. The second kappa shape index (κ2) is 6.40. The minimum Gasteiger partial charge on any atom is -0.324 e. The maximum atomic E-state index is 12.7. The van der Waals surface area contributed by atoms with E-state index in [4.69, 9.17) is 0 Å². The van der Waals surface area contributed by atoms with E-state index in [2.05, 4.69) is 27.4 Å². The third-order valence-corrected chi connectivity index (χ3v) is 5.51. The van der Waals surface area contributed by atoms with Gasteiger partial charge in [0.2, 0.25) is 5.91 Å². The number of para-hydroxylation sites is 1. The second-order valence-electron chi connectivity index (χ2n) is 6.89. The lowest BCUT2D eigenvalue weighted by atomic mass is 9.92. The van der Waals surface area contributed by atoms with Crippen LogP contribution in [0, 0.1) is 0 Å². The summed E-state index contributed by atoms with van der Waals surface area (Å²) >= 11 is 0. The van der Waals surface area contributed by atoms with E-state index in [0.717, 1.165) is 44.5 Å². The van der Waals surface area contributed by atoms with E-state index in [1.165, 1.54) is 11.3 Å². The SMILES string of the molecule is Cn1nccc1C1CCN([C@H]2CCc3ccccc3NC2=O)CC1. The van der Waals surface area contributed by atoms with E-state index in [1.807, 2.05) is 36.1 Å². The van der Waals surface area contributed by atoms with Gasteiger partial charge < -0.3 is 5.32 Å². The van der Waals surface area contributed by atoms with Gasteiger partial charge in [0.05, 0.1) is 6.04 Å². The van der Waals surface area contributed by atoms with Crippen molar-refractivity contribution in [1.82, 2.24) is 14.7 Å². The number of aromatic nitrogens is 2. The first-order valence-corrected chi connectivity index (χ1v) is 8.83. The van der Waals surface area contributed by atoms with Gasteiger partial charge in [0.15, 0.2) is 0 Å². The van der Waals surface area contributed by atoms with E-state index in [-0.39, 0.29) is 11.9 Å². The molecule has 3 heterocycles. The number of piperidine rings is 1. The Bertz CT molecular complexity index is 730. The molecule has 2 aromatic rings. The number of anilines is 1. The number of fused-ring (bicyclic) bond motifs is 1. The van der Waals surface area contributed by atoms with Gasteiger partial charge in [0.25, 0.3) is 0 Å². The van der Waals surface area contributed by atoms with Crippen LogP contribution in [0.2, 0.25) is 0 Å². The number of carbonyl (C=O) groups is 1. The van der Waals surface area contributed by atoms with Crippen molar-refractivity contribution in [3.63, 3.8) is 0 Å². The van der Waals surface area contributed by atoms with E-state index >= 15 is 0 Å². The third kappa shape index (κ3) is 2.84. The van der Waals surface area contributed by atoms with Crippen molar-refractivity contribution in [2.24, 2.45) is 7.05 Å². The molecule has 5 nitrogen and oxygen atoms in total. The van der Waals surface area contributed by atoms with Gasteiger partial charge in [-0.3, -0.25) is 14.4 Å². The molecular formula is C19H24N4O. The first-order chi connectivity index (χ1) is 11.7. The minimum atomic E-state index is -0.00936. The first kappa shape index (κ1) is 15.4. The van der Waals surface area contributed by atoms with Crippen molar-refractivity contribution < 1.29 is 4.79 Å². The van der Waals surface area contributed by atoms with Crippen molar-refractivity contribution in [1.29, 1.82) is 0 Å². The van der Waals surface area contributed by atoms with Crippen LogP contribution in [0.15, 0.2) is 36.5 Å². The predicted molar refractivity (Wildman–Crippen MR) is 93.9 cm³/mol. The van der Waals surface area contributed by atoms with Crippen LogP contribution < -0.4 is 5.32 Å². The van der Waals surface area contributed by atoms with Crippen LogP contribution in [0.5, 0.6) is 0 Å². The highest BCUT2D eigenvalue weighted by molar-refractivity contribution is 5.96.